The van der Waals surface area contributed by atoms with Gasteiger partial charge in [0.25, 0.3) is 0 Å². The molecule has 4 aliphatic rings. The Morgan fingerprint density at radius 2 is 2.14 bits per heavy atom. The van der Waals surface area contributed by atoms with Gasteiger partial charge in [0, 0.05) is 24.2 Å². The molecule has 4 heteroatoms. The molecule has 21 heavy (non-hydrogen) atoms. The summed E-state index contributed by atoms with van der Waals surface area (Å²) in [7, 11) is 0. The van der Waals surface area contributed by atoms with E-state index in [1.165, 1.54) is 12.5 Å². The average molecular weight is 292 g/mol. The molecular weight excluding hydrogens is 268 g/mol. The molecular formula is C17H24O4. The fourth-order valence-electron chi connectivity index (χ4n) is 5.22. The first-order chi connectivity index (χ1) is 9.83. The summed E-state index contributed by atoms with van der Waals surface area (Å²) in [5.41, 5.74) is 0.946. The zero-order chi connectivity index (χ0) is 15.0. The Balaban J connectivity index is 1.82. The lowest BCUT2D eigenvalue weighted by Crippen LogP contribution is -2.63. The Bertz CT molecular complexity index is 535. The Morgan fingerprint density at radius 1 is 1.43 bits per heavy atom. The smallest absolute Gasteiger partial charge is 0.302 e. The van der Waals surface area contributed by atoms with Gasteiger partial charge < -0.3 is 14.2 Å². The number of hydrogen-bond donors (Lipinski definition) is 0. The topological polar surface area (TPSA) is 48.1 Å². The summed E-state index contributed by atoms with van der Waals surface area (Å²) in [6.45, 7) is 8.96. The van der Waals surface area contributed by atoms with Crippen LogP contribution in [0.1, 0.15) is 47.0 Å². The second-order valence-corrected chi connectivity index (χ2v) is 7.69. The van der Waals surface area contributed by atoms with E-state index in [1.807, 2.05) is 0 Å². The highest BCUT2D eigenvalue weighted by molar-refractivity contribution is 5.66. The summed E-state index contributed by atoms with van der Waals surface area (Å²) in [5.74, 6) is -0.202. The van der Waals surface area contributed by atoms with Gasteiger partial charge in [-0.2, -0.15) is 0 Å². The summed E-state index contributed by atoms with van der Waals surface area (Å²) in [6.07, 6.45) is 5.23. The maximum Gasteiger partial charge on any atom is 0.302 e. The fraction of sp³-hybridized carbons (Fsp3) is 0.824. The highest BCUT2D eigenvalue weighted by Gasteiger charge is 2.81. The predicted octanol–water partition coefficient (Wildman–Crippen LogP) is 2.61. The quantitative estimate of drug-likeness (QED) is 0.423. The summed E-state index contributed by atoms with van der Waals surface area (Å²) >= 11 is 0. The first-order valence-corrected chi connectivity index (χ1v) is 7.97. The van der Waals surface area contributed by atoms with Gasteiger partial charge in [0.1, 0.15) is 11.7 Å². The van der Waals surface area contributed by atoms with Gasteiger partial charge >= 0.3 is 5.97 Å². The average Bonchev–Trinajstić information content (AvgIpc) is 3.16. The summed E-state index contributed by atoms with van der Waals surface area (Å²) in [4.78, 5) is 11.6. The molecule has 0 unspecified atom stereocenters. The monoisotopic (exact) mass is 292 g/mol. The van der Waals surface area contributed by atoms with Crippen molar-refractivity contribution in [2.75, 3.05) is 6.61 Å². The van der Waals surface area contributed by atoms with Crippen molar-refractivity contribution in [3.8, 4) is 0 Å². The molecule has 0 N–H and O–H groups in total. The molecule has 116 valence electrons. The van der Waals surface area contributed by atoms with Crippen molar-refractivity contribution in [1.82, 2.24) is 0 Å². The van der Waals surface area contributed by atoms with E-state index in [0.717, 1.165) is 25.9 Å². The molecule has 2 aliphatic carbocycles. The van der Waals surface area contributed by atoms with Gasteiger partial charge in [-0.15, -0.1) is 0 Å². The molecule has 1 saturated carbocycles. The number of epoxide rings is 1. The van der Waals surface area contributed by atoms with Gasteiger partial charge in [-0.1, -0.05) is 25.5 Å². The molecule has 0 aromatic heterocycles. The first kappa shape index (κ1) is 13.8. The van der Waals surface area contributed by atoms with Crippen LogP contribution in [0, 0.1) is 10.8 Å². The minimum absolute atomic E-state index is 0.0455. The Morgan fingerprint density at radius 3 is 2.76 bits per heavy atom. The molecule has 4 rings (SSSR count). The van der Waals surface area contributed by atoms with Crippen molar-refractivity contribution in [2.24, 2.45) is 10.8 Å². The SMILES string of the molecule is CC(=O)O[C@@H]1C[C@@H]2O[C@H]3C=C(C)CC[C@@]3(C)[C@@]1(C)[C@]21CO1. The normalized spacial score (nSPS) is 54.1. The molecule has 0 aromatic carbocycles. The third-order valence-electron chi connectivity index (χ3n) is 6.83. The van der Waals surface area contributed by atoms with Gasteiger partial charge in [0.05, 0.1) is 18.8 Å². The number of fused-ring (bicyclic) bond motifs is 2. The third kappa shape index (κ3) is 1.45. The van der Waals surface area contributed by atoms with E-state index < -0.39 is 0 Å². The molecule has 2 aliphatic heterocycles. The molecule has 2 heterocycles. The minimum atomic E-state index is -0.239. The highest BCUT2D eigenvalue weighted by atomic mass is 16.6. The minimum Gasteiger partial charge on any atom is -0.462 e. The van der Waals surface area contributed by atoms with Crippen LogP contribution in [0.25, 0.3) is 0 Å². The van der Waals surface area contributed by atoms with Crippen LogP contribution in [0.4, 0.5) is 0 Å². The van der Waals surface area contributed by atoms with Gasteiger partial charge in [0.15, 0.2) is 0 Å². The summed E-state index contributed by atoms with van der Waals surface area (Å²) in [6, 6.07) is 0. The van der Waals surface area contributed by atoms with Crippen molar-refractivity contribution >= 4 is 5.97 Å². The number of carbonyl (C=O) groups is 1. The van der Waals surface area contributed by atoms with Crippen LogP contribution in [-0.2, 0) is 19.0 Å². The van der Waals surface area contributed by atoms with Crippen LogP contribution in [0.15, 0.2) is 11.6 Å². The maximum absolute atomic E-state index is 11.6. The Labute approximate surface area is 125 Å². The van der Waals surface area contributed by atoms with Gasteiger partial charge in [-0.05, 0) is 19.8 Å². The number of ether oxygens (including phenoxy) is 3. The van der Waals surface area contributed by atoms with E-state index in [4.69, 9.17) is 14.2 Å². The number of carbonyl (C=O) groups excluding carboxylic acids is 1. The van der Waals surface area contributed by atoms with E-state index in [-0.39, 0.29) is 40.7 Å². The van der Waals surface area contributed by atoms with Crippen LogP contribution in [0.2, 0.25) is 0 Å². The molecule has 6 atom stereocenters. The zero-order valence-corrected chi connectivity index (χ0v) is 13.3. The number of esters is 1. The van der Waals surface area contributed by atoms with Crippen molar-refractivity contribution < 1.29 is 19.0 Å². The van der Waals surface area contributed by atoms with E-state index in [0.29, 0.717) is 0 Å². The van der Waals surface area contributed by atoms with Crippen molar-refractivity contribution in [3.63, 3.8) is 0 Å². The second kappa shape index (κ2) is 3.90. The molecule has 1 spiro atoms. The maximum atomic E-state index is 11.6. The third-order valence-corrected chi connectivity index (χ3v) is 6.83. The lowest BCUT2D eigenvalue weighted by Gasteiger charge is -2.57. The van der Waals surface area contributed by atoms with Crippen LogP contribution in [0.5, 0.6) is 0 Å². The molecule has 0 radical (unpaired) electrons. The van der Waals surface area contributed by atoms with Crippen LogP contribution in [0.3, 0.4) is 0 Å². The predicted molar refractivity (Wildman–Crippen MR) is 76.7 cm³/mol. The van der Waals surface area contributed by atoms with Gasteiger partial charge in [0.2, 0.25) is 0 Å². The van der Waals surface area contributed by atoms with Crippen LogP contribution >= 0.6 is 0 Å². The second-order valence-electron chi connectivity index (χ2n) is 7.69. The van der Waals surface area contributed by atoms with Gasteiger partial charge in [-0.3, -0.25) is 4.79 Å². The molecule has 4 nitrogen and oxygen atoms in total. The standard InChI is InChI=1S/C17H24O4/c1-10-5-6-15(3)12(7-10)21-14-8-13(20-11(2)18)16(15,4)17(14)9-19-17/h7,12-14H,5-6,8-9H2,1-4H3/t12-,13+,14-,15+,16-,17-/m0/s1. The lowest BCUT2D eigenvalue weighted by molar-refractivity contribution is -0.210. The van der Waals surface area contributed by atoms with Crippen LogP contribution in [-0.4, -0.2) is 36.5 Å². The first-order valence-electron chi connectivity index (χ1n) is 7.97. The lowest BCUT2D eigenvalue weighted by atomic mass is 9.52. The summed E-state index contributed by atoms with van der Waals surface area (Å²) < 4.78 is 18.1. The fourth-order valence-corrected chi connectivity index (χ4v) is 5.22. The van der Waals surface area contributed by atoms with Crippen molar-refractivity contribution in [2.45, 2.75) is 70.9 Å². The largest absolute Gasteiger partial charge is 0.462 e. The van der Waals surface area contributed by atoms with E-state index >= 15 is 0 Å². The number of allylic oxidation sites excluding steroid dienone is 1. The number of hydrogen-bond acceptors (Lipinski definition) is 4. The van der Waals surface area contributed by atoms with Crippen molar-refractivity contribution in [1.29, 1.82) is 0 Å². The van der Waals surface area contributed by atoms with E-state index in [9.17, 15) is 4.79 Å². The zero-order valence-electron chi connectivity index (χ0n) is 13.3. The summed E-state index contributed by atoms with van der Waals surface area (Å²) in [5, 5.41) is 0. The molecule has 2 saturated heterocycles. The van der Waals surface area contributed by atoms with Gasteiger partial charge in [-0.25, -0.2) is 0 Å². The van der Waals surface area contributed by atoms with E-state index in [1.54, 1.807) is 0 Å². The Hall–Kier alpha value is -0.870. The molecule has 0 amide bonds. The molecule has 2 bridgehead atoms. The Kier molecular flexibility index (Phi) is 2.56. The van der Waals surface area contributed by atoms with E-state index in [2.05, 4.69) is 26.8 Å². The highest BCUT2D eigenvalue weighted by Crippen LogP contribution is 2.71. The molecule has 0 aromatic rings. The number of rotatable bonds is 1. The van der Waals surface area contributed by atoms with Crippen LogP contribution < -0.4 is 0 Å². The molecule has 3 fully saturated rings. The van der Waals surface area contributed by atoms with Crippen molar-refractivity contribution in [3.05, 3.63) is 11.6 Å².